The van der Waals surface area contributed by atoms with Crippen LogP contribution in [0.3, 0.4) is 0 Å². The van der Waals surface area contributed by atoms with Gasteiger partial charge in [-0.15, -0.1) is 0 Å². The summed E-state index contributed by atoms with van der Waals surface area (Å²) in [5.41, 5.74) is -0.0202. The quantitative estimate of drug-likeness (QED) is 0.511. The van der Waals surface area contributed by atoms with Crippen LogP contribution in [0.5, 0.6) is 0 Å². The van der Waals surface area contributed by atoms with Crippen LogP contribution >= 0.6 is 0 Å². The van der Waals surface area contributed by atoms with Gasteiger partial charge in [0.05, 0.1) is 11.5 Å². The summed E-state index contributed by atoms with van der Waals surface area (Å²) in [6.45, 7) is 3.63. The number of hydrogen-bond donors (Lipinski definition) is 0. The largest absolute Gasteiger partial charge is 0.382 e. The summed E-state index contributed by atoms with van der Waals surface area (Å²) in [5.74, 6) is 0. The normalized spacial score (nSPS) is 20.5. The Kier molecular flexibility index (Phi) is 5.71. The second kappa shape index (κ2) is 6.85. The molecule has 0 radical (unpaired) electrons. The Labute approximate surface area is 93.6 Å². The first kappa shape index (κ1) is 12.5. The highest BCUT2D eigenvalue weighted by molar-refractivity contribution is 4.99. The molecule has 1 rings (SSSR count). The smallest absolute Gasteiger partial charge is 0.0689 e. The molecule has 0 bridgehead atoms. The molecular formula is C13H23NO. The van der Waals surface area contributed by atoms with Crippen molar-refractivity contribution in [1.82, 2.24) is 0 Å². The van der Waals surface area contributed by atoms with E-state index in [1.807, 2.05) is 6.92 Å². The molecule has 0 atom stereocenters. The van der Waals surface area contributed by atoms with Crippen molar-refractivity contribution >= 4 is 0 Å². The van der Waals surface area contributed by atoms with Crippen LogP contribution in [0.2, 0.25) is 0 Å². The van der Waals surface area contributed by atoms with Gasteiger partial charge < -0.3 is 4.74 Å². The number of rotatable bonds is 5. The van der Waals surface area contributed by atoms with Crippen LogP contribution in [-0.2, 0) is 4.74 Å². The van der Waals surface area contributed by atoms with Crippen LogP contribution in [0.15, 0.2) is 0 Å². The molecule has 0 N–H and O–H groups in total. The van der Waals surface area contributed by atoms with Crippen molar-refractivity contribution < 1.29 is 4.74 Å². The summed E-state index contributed by atoms with van der Waals surface area (Å²) in [6.07, 6.45) is 9.39. The van der Waals surface area contributed by atoms with Crippen LogP contribution in [0.4, 0.5) is 0 Å². The van der Waals surface area contributed by atoms with E-state index in [2.05, 4.69) is 6.07 Å². The van der Waals surface area contributed by atoms with E-state index >= 15 is 0 Å². The summed E-state index contributed by atoms with van der Waals surface area (Å²) >= 11 is 0. The Bertz CT molecular complexity index is 199. The Balaban J connectivity index is 2.34. The fourth-order valence-electron chi connectivity index (χ4n) is 2.48. The second-order valence-corrected chi connectivity index (χ2v) is 4.61. The van der Waals surface area contributed by atoms with Gasteiger partial charge in [0.1, 0.15) is 0 Å². The zero-order valence-electron chi connectivity index (χ0n) is 9.93. The van der Waals surface area contributed by atoms with E-state index < -0.39 is 0 Å². The van der Waals surface area contributed by atoms with Crippen molar-refractivity contribution in [2.75, 3.05) is 13.2 Å². The molecule has 0 amide bonds. The molecule has 1 saturated carbocycles. The van der Waals surface area contributed by atoms with Crippen LogP contribution < -0.4 is 0 Å². The van der Waals surface area contributed by atoms with Gasteiger partial charge in [0.2, 0.25) is 0 Å². The zero-order valence-corrected chi connectivity index (χ0v) is 9.93. The minimum absolute atomic E-state index is 0.0202. The van der Waals surface area contributed by atoms with Crippen molar-refractivity contribution in [3.05, 3.63) is 0 Å². The number of nitriles is 1. The maximum absolute atomic E-state index is 9.33. The predicted octanol–water partition coefficient (Wildman–Crippen LogP) is 3.67. The second-order valence-electron chi connectivity index (χ2n) is 4.61. The highest BCUT2D eigenvalue weighted by Crippen LogP contribution is 2.38. The average molecular weight is 209 g/mol. The van der Waals surface area contributed by atoms with E-state index in [4.69, 9.17) is 4.74 Å². The van der Waals surface area contributed by atoms with Crippen molar-refractivity contribution in [1.29, 1.82) is 5.26 Å². The van der Waals surface area contributed by atoms with E-state index in [1.165, 1.54) is 25.7 Å². The van der Waals surface area contributed by atoms with Gasteiger partial charge >= 0.3 is 0 Å². The minimum Gasteiger partial charge on any atom is -0.382 e. The first-order valence-electron chi connectivity index (χ1n) is 6.32. The van der Waals surface area contributed by atoms with Crippen LogP contribution in [-0.4, -0.2) is 13.2 Å². The maximum atomic E-state index is 9.33. The molecule has 0 heterocycles. The van der Waals surface area contributed by atoms with Gasteiger partial charge in [-0.05, 0) is 32.6 Å². The van der Waals surface area contributed by atoms with E-state index in [-0.39, 0.29) is 5.41 Å². The molecular weight excluding hydrogens is 186 g/mol. The molecule has 1 aliphatic carbocycles. The highest BCUT2D eigenvalue weighted by Gasteiger charge is 2.29. The predicted molar refractivity (Wildman–Crippen MR) is 61.5 cm³/mol. The Morgan fingerprint density at radius 3 is 2.40 bits per heavy atom. The van der Waals surface area contributed by atoms with E-state index in [9.17, 15) is 5.26 Å². The first-order chi connectivity index (χ1) is 7.33. The summed E-state index contributed by atoms with van der Waals surface area (Å²) in [4.78, 5) is 0. The van der Waals surface area contributed by atoms with Crippen LogP contribution in [0.1, 0.15) is 58.3 Å². The molecule has 86 valence electrons. The molecule has 0 aromatic heterocycles. The Morgan fingerprint density at radius 1 is 1.20 bits per heavy atom. The summed E-state index contributed by atoms with van der Waals surface area (Å²) in [6, 6.07) is 2.58. The number of nitrogens with zero attached hydrogens (tertiary/aromatic N) is 1. The molecule has 0 aliphatic heterocycles. The van der Waals surface area contributed by atoms with Crippen molar-refractivity contribution in [3.63, 3.8) is 0 Å². The van der Waals surface area contributed by atoms with Gasteiger partial charge in [-0.1, -0.05) is 25.7 Å². The zero-order chi connectivity index (χ0) is 11.0. The van der Waals surface area contributed by atoms with Gasteiger partial charge in [0.15, 0.2) is 0 Å². The Morgan fingerprint density at radius 2 is 1.87 bits per heavy atom. The lowest BCUT2D eigenvalue weighted by molar-refractivity contribution is 0.132. The lowest BCUT2D eigenvalue weighted by Gasteiger charge is -2.24. The van der Waals surface area contributed by atoms with E-state index in [0.29, 0.717) is 0 Å². The molecule has 0 aromatic carbocycles. The third-order valence-electron chi connectivity index (χ3n) is 3.45. The summed E-state index contributed by atoms with van der Waals surface area (Å²) in [7, 11) is 0. The number of hydrogen-bond acceptors (Lipinski definition) is 2. The van der Waals surface area contributed by atoms with Gasteiger partial charge in [-0.25, -0.2) is 0 Å². The highest BCUT2D eigenvalue weighted by atomic mass is 16.5. The van der Waals surface area contributed by atoms with Crippen molar-refractivity contribution in [3.8, 4) is 6.07 Å². The third-order valence-corrected chi connectivity index (χ3v) is 3.45. The molecule has 0 saturated heterocycles. The molecule has 2 nitrogen and oxygen atoms in total. The van der Waals surface area contributed by atoms with Gasteiger partial charge in [-0.3, -0.25) is 0 Å². The van der Waals surface area contributed by atoms with Crippen molar-refractivity contribution in [2.45, 2.75) is 58.3 Å². The van der Waals surface area contributed by atoms with Gasteiger partial charge in [0, 0.05) is 13.2 Å². The molecule has 0 aromatic rings. The first-order valence-corrected chi connectivity index (χ1v) is 6.32. The molecule has 0 spiro atoms. The average Bonchev–Trinajstić information content (AvgIpc) is 2.51. The molecule has 1 fully saturated rings. The SMILES string of the molecule is CCOCCCC1(C#N)CCCCCC1. The lowest BCUT2D eigenvalue weighted by Crippen LogP contribution is -2.18. The fourth-order valence-corrected chi connectivity index (χ4v) is 2.48. The molecule has 2 heteroatoms. The monoisotopic (exact) mass is 209 g/mol. The standard InChI is InChI=1S/C13H23NO/c1-2-15-11-7-10-13(12-14)8-5-3-4-6-9-13/h2-11H2,1H3. The maximum Gasteiger partial charge on any atom is 0.0689 e. The van der Waals surface area contributed by atoms with E-state index in [1.54, 1.807) is 0 Å². The summed E-state index contributed by atoms with van der Waals surface area (Å²) in [5, 5.41) is 9.33. The van der Waals surface area contributed by atoms with Crippen molar-refractivity contribution in [2.24, 2.45) is 5.41 Å². The molecule has 0 unspecified atom stereocenters. The van der Waals surface area contributed by atoms with Crippen LogP contribution in [0, 0.1) is 16.7 Å². The fraction of sp³-hybridized carbons (Fsp3) is 0.923. The minimum atomic E-state index is -0.0202. The number of ether oxygens (including phenoxy) is 1. The lowest BCUT2D eigenvalue weighted by atomic mass is 9.78. The molecule has 1 aliphatic rings. The van der Waals surface area contributed by atoms with Gasteiger partial charge in [-0.2, -0.15) is 5.26 Å². The topological polar surface area (TPSA) is 33.0 Å². The molecule has 15 heavy (non-hydrogen) atoms. The summed E-state index contributed by atoms with van der Waals surface area (Å²) < 4.78 is 5.34. The van der Waals surface area contributed by atoms with Gasteiger partial charge in [0.25, 0.3) is 0 Å². The third kappa shape index (κ3) is 4.22. The van der Waals surface area contributed by atoms with Crippen LogP contribution in [0.25, 0.3) is 0 Å². The Hall–Kier alpha value is -0.550. The van der Waals surface area contributed by atoms with E-state index in [0.717, 1.165) is 38.9 Å².